The summed E-state index contributed by atoms with van der Waals surface area (Å²) < 4.78 is 17.4. The zero-order chi connectivity index (χ0) is 44.9. The monoisotopic (exact) mass is 871 g/mol. The second-order valence-corrected chi connectivity index (χ2v) is 18.5. The van der Waals surface area contributed by atoms with E-state index in [0.717, 1.165) is 51.4 Å². The Morgan fingerprint density at radius 3 is 1.13 bits per heavy atom. The van der Waals surface area contributed by atoms with E-state index in [9.17, 15) is 9.59 Å². The van der Waals surface area contributed by atoms with Crippen LogP contribution in [0.25, 0.3) is 0 Å². The van der Waals surface area contributed by atoms with E-state index in [-0.39, 0.29) is 25.2 Å². The molecule has 0 saturated carbocycles. The van der Waals surface area contributed by atoms with Crippen LogP contribution in [0.1, 0.15) is 290 Å². The fourth-order valence-electron chi connectivity index (χ4n) is 8.01. The smallest absolute Gasteiger partial charge is 0.306 e. The van der Waals surface area contributed by atoms with Crippen LogP contribution in [0.2, 0.25) is 0 Å². The van der Waals surface area contributed by atoms with Gasteiger partial charge in [0.05, 0.1) is 6.61 Å². The lowest BCUT2D eigenvalue weighted by molar-refractivity contribution is -0.163. The van der Waals surface area contributed by atoms with E-state index < -0.39 is 6.10 Å². The van der Waals surface area contributed by atoms with Crippen LogP contribution >= 0.6 is 0 Å². The number of hydrogen-bond donors (Lipinski definition) is 0. The lowest BCUT2D eigenvalue weighted by Gasteiger charge is -2.18. The van der Waals surface area contributed by atoms with Gasteiger partial charge in [0.15, 0.2) is 6.10 Å². The quantitative estimate of drug-likeness (QED) is 0.0346. The molecule has 1 atom stereocenters. The highest BCUT2D eigenvalue weighted by Gasteiger charge is 2.17. The van der Waals surface area contributed by atoms with Crippen molar-refractivity contribution in [1.29, 1.82) is 0 Å². The molecule has 0 unspecified atom stereocenters. The fraction of sp³-hybridized carbons (Fsp3) is 0.860. The van der Waals surface area contributed by atoms with Crippen LogP contribution in [0.3, 0.4) is 0 Å². The predicted molar refractivity (Wildman–Crippen MR) is 270 cm³/mol. The summed E-state index contributed by atoms with van der Waals surface area (Å²) in [5.74, 6) is -0.403. The van der Waals surface area contributed by atoms with Gasteiger partial charge >= 0.3 is 11.9 Å². The highest BCUT2D eigenvalue weighted by Crippen LogP contribution is 2.16. The molecule has 0 aromatic carbocycles. The molecule has 0 N–H and O–H groups in total. The van der Waals surface area contributed by atoms with Gasteiger partial charge in [-0.15, -0.1) is 0 Å². The van der Waals surface area contributed by atoms with E-state index in [2.05, 4.69) is 57.2 Å². The number of allylic oxidation sites excluding steroid dienone is 6. The Labute approximate surface area is 387 Å². The zero-order valence-corrected chi connectivity index (χ0v) is 41.9. The van der Waals surface area contributed by atoms with Crippen LogP contribution in [0.15, 0.2) is 36.5 Å². The third-order valence-corrected chi connectivity index (χ3v) is 12.1. The highest BCUT2D eigenvalue weighted by atomic mass is 16.6. The van der Waals surface area contributed by atoms with Gasteiger partial charge in [0.25, 0.3) is 0 Å². The predicted octanol–water partition coefficient (Wildman–Crippen LogP) is 18.6. The molecule has 0 aliphatic rings. The third-order valence-electron chi connectivity index (χ3n) is 12.1. The van der Waals surface area contributed by atoms with Gasteiger partial charge in [0.2, 0.25) is 0 Å². The minimum atomic E-state index is -0.540. The summed E-state index contributed by atoms with van der Waals surface area (Å²) in [6.45, 7) is 7.82. The molecule has 0 aliphatic heterocycles. The molecule has 5 nitrogen and oxygen atoms in total. The number of hydrogen-bond acceptors (Lipinski definition) is 5. The molecule has 62 heavy (non-hydrogen) atoms. The molecule has 0 spiro atoms. The molecule has 5 heteroatoms. The van der Waals surface area contributed by atoms with E-state index >= 15 is 0 Å². The molecule has 0 aliphatic carbocycles. The van der Waals surface area contributed by atoms with Gasteiger partial charge in [0, 0.05) is 19.4 Å². The molecule has 0 aromatic rings. The maximum absolute atomic E-state index is 12.8. The topological polar surface area (TPSA) is 61.8 Å². The standard InChI is InChI=1S/C57H106O5/c1-4-7-10-13-16-19-22-25-28-31-34-37-40-43-46-49-52-60-53-55(62-57(59)51-48-45-42-39-36-33-30-27-24-21-18-15-12-9-6-3)54-61-56(58)50-47-44-41-38-35-32-29-26-23-20-17-14-11-8-5-2/h18,20-21,23,27,30,55H,4-17,19,22,24-26,28-29,31-54H2,1-3H3/b21-18-,23-20-,30-27-/t55-/m1/s1. The van der Waals surface area contributed by atoms with Crippen LogP contribution < -0.4 is 0 Å². The van der Waals surface area contributed by atoms with Crippen LogP contribution in [-0.2, 0) is 23.8 Å². The first-order valence-electron chi connectivity index (χ1n) is 27.5. The van der Waals surface area contributed by atoms with E-state index in [1.165, 1.54) is 205 Å². The molecule has 0 amide bonds. The normalized spacial score (nSPS) is 12.4. The first kappa shape index (κ1) is 60.1. The van der Waals surface area contributed by atoms with Crippen molar-refractivity contribution in [2.75, 3.05) is 19.8 Å². The Balaban J connectivity index is 4.26. The average Bonchev–Trinajstić information content (AvgIpc) is 3.27. The van der Waals surface area contributed by atoms with Crippen LogP contribution in [0, 0.1) is 0 Å². The van der Waals surface area contributed by atoms with Crippen molar-refractivity contribution < 1.29 is 23.8 Å². The molecule has 0 radical (unpaired) electrons. The first-order valence-corrected chi connectivity index (χ1v) is 27.5. The van der Waals surface area contributed by atoms with Gasteiger partial charge in [-0.3, -0.25) is 9.59 Å². The second-order valence-electron chi connectivity index (χ2n) is 18.5. The lowest BCUT2D eigenvalue weighted by Crippen LogP contribution is -2.30. The van der Waals surface area contributed by atoms with E-state index in [1.807, 2.05) is 0 Å². The van der Waals surface area contributed by atoms with E-state index in [4.69, 9.17) is 14.2 Å². The summed E-state index contributed by atoms with van der Waals surface area (Å²) >= 11 is 0. The van der Waals surface area contributed by atoms with Gasteiger partial charge in [-0.1, -0.05) is 237 Å². The zero-order valence-electron chi connectivity index (χ0n) is 41.9. The molecule has 0 aromatic heterocycles. The molecular weight excluding hydrogens is 765 g/mol. The van der Waals surface area contributed by atoms with Gasteiger partial charge < -0.3 is 14.2 Å². The van der Waals surface area contributed by atoms with Crippen molar-refractivity contribution >= 4 is 11.9 Å². The van der Waals surface area contributed by atoms with Gasteiger partial charge in [0.1, 0.15) is 6.61 Å². The summed E-state index contributed by atoms with van der Waals surface area (Å²) in [6.07, 6.45) is 64.4. The molecule has 0 saturated heterocycles. The number of ether oxygens (including phenoxy) is 3. The minimum absolute atomic E-state index is 0.0822. The van der Waals surface area contributed by atoms with Gasteiger partial charge in [-0.2, -0.15) is 0 Å². The summed E-state index contributed by atoms with van der Waals surface area (Å²) in [5.41, 5.74) is 0. The Kier molecular flexibility index (Phi) is 51.8. The third kappa shape index (κ3) is 50.8. The maximum atomic E-state index is 12.8. The molecule has 364 valence electrons. The fourth-order valence-corrected chi connectivity index (χ4v) is 8.01. The van der Waals surface area contributed by atoms with Crippen LogP contribution in [-0.4, -0.2) is 37.9 Å². The molecule has 0 fully saturated rings. The van der Waals surface area contributed by atoms with Crippen molar-refractivity contribution in [1.82, 2.24) is 0 Å². The molecular formula is C57H106O5. The van der Waals surface area contributed by atoms with Crippen LogP contribution in [0.5, 0.6) is 0 Å². The summed E-state index contributed by atoms with van der Waals surface area (Å²) in [4.78, 5) is 25.4. The largest absolute Gasteiger partial charge is 0.462 e. The lowest BCUT2D eigenvalue weighted by atomic mass is 10.0. The Hall–Kier alpha value is -1.88. The van der Waals surface area contributed by atoms with Crippen molar-refractivity contribution in [3.05, 3.63) is 36.5 Å². The van der Waals surface area contributed by atoms with E-state index in [1.54, 1.807) is 0 Å². The Morgan fingerprint density at radius 1 is 0.355 bits per heavy atom. The Morgan fingerprint density at radius 2 is 0.677 bits per heavy atom. The summed E-state index contributed by atoms with van der Waals surface area (Å²) in [6, 6.07) is 0. The van der Waals surface area contributed by atoms with Gasteiger partial charge in [-0.25, -0.2) is 0 Å². The number of unbranched alkanes of at least 4 members (excludes halogenated alkanes) is 34. The van der Waals surface area contributed by atoms with E-state index in [0.29, 0.717) is 19.4 Å². The molecule has 0 rings (SSSR count). The SMILES string of the molecule is CCCCC/C=C\C/C=C\CCCCCCCC(=O)O[C@H](COCCCCCCCCCCCCCCCCCC)COC(=O)CCCCCCCCC/C=C\CCCCCC. The molecule has 0 heterocycles. The molecule has 0 bridgehead atoms. The van der Waals surface area contributed by atoms with Crippen molar-refractivity contribution in [3.8, 4) is 0 Å². The van der Waals surface area contributed by atoms with Crippen molar-refractivity contribution in [2.45, 2.75) is 297 Å². The first-order chi connectivity index (χ1) is 30.6. The number of carbonyl (C=O) groups excluding carboxylic acids is 2. The maximum Gasteiger partial charge on any atom is 0.306 e. The van der Waals surface area contributed by atoms with Gasteiger partial charge in [-0.05, 0) is 77.0 Å². The summed E-state index contributed by atoms with van der Waals surface area (Å²) in [5, 5.41) is 0. The highest BCUT2D eigenvalue weighted by molar-refractivity contribution is 5.70. The second kappa shape index (κ2) is 53.5. The van der Waals surface area contributed by atoms with Crippen molar-refractivity contribution in [3.63, 3.8) is 0 Å². The number of carbonyl (C=O) groups is 2. The number of rotatable bonds is 51. The van der Waals surface area contributed by atoms with Crippen LogP contribution in [0.4, 0.5) is 0 Å². The number of esters is 2. The Bertz CT molecular complexity index is 986. The average molecular weight is 871 g/mol. The summed E-state index contributed by atoms with van der Waals surface area (Å²) in [7, 11) is 0. The van der Waals surface area contributed by atoms with Crippen molar-refractivity contribution in [2.24, 2.45) is 0 Å². The minimum Gasteiger partial charge on any atom is -0.462 e.